The van der Waals surface area contributed by atoms with Crippen LogP contribution < -0.4 is 5.32 Å². The Bertz CT molecular complexity index is 510. The molecule has 0 aromatic heterocycles. The first-order chi connectivity index (χ1) is 8.54. The quantitative estimate of drug-likeness (QED) is 0.692. The number of benzene rings is 1. The Morgan fingerprint density at radius 3 is 2.72 bits per heavy atom. The molecule has 0 spiro atoms. The Morgan fingerprint density at radius 2 is 2.17 bits per heavy atom. The Morgan fingerprint density at radius 1 is 1.44 bits per heavy atom. The zero-order chi connectivity index (χ0) is 13.5. The van der Waals surface area contributed by atoms with E-state index in [-0.39, 0.29) is 23.0 Å². The molecule has 0 bridgehead atoms. The van der Waals surface area contributed by atoms with Crippen LogP contribution in [0, 0.1) is 11.3 Å². The fourth-order valence-corrected chi connectivity index (χ4v) is 1.63. The smallest absolute Gasteiger partial charge is 0.339 e. The zero-order valence-electron chi connectivity index (χ0n) is 9.21. The molecule has 0 radical (unpaired) electrons. The highest BCUT2D eigenvalue weighted by Crippen LogP contribution is 2.22. The lowest BCUT2D eigenvalue weighted by Crippen LogP contribution is -2.14. The Kier molecular flexibility index (Phi) is 5.02. The molecule has 0 atom stereocenters. The first kappa shape index (κ1) is 13.9. The van der Waals surface area contributed by atoms with Gasteiger partial charge in [0.05, 0.1) is 17.6 Å². The lowest BCUT2D eigenvalue weighted by atomic mass is 10.2. The number of aromatic carboxylic acids is 1. The predicted octanol–water partition coefficient (Wildman–Crippen LogP) is 1.29. The minimum Gasteiger partial charge on any atom is -0.507 e. The van der Waals surface area contributed by atoms with E-state index >= 15 is 0 Å². The van der Waals surface area contributed by atoms with Crippen molar-refractivity contribution in [2.45, 2.75) is 0 Å². The first-order valence-electron chi connectivity index (χ1n) is 4.85. The highest BCUT2D eigenvalue weighted by molar-refractivity contribution is 8.00. The number of carbonyl (C=O) groups is 2. The van der Waals surface area contributed by atoms with Gasteiger partial charge in [-0.05, 0) is 12.1 Å². The third-order valence-corrected chi connectivity index (χ3v) is 2.71. The standard InChI is InChI=1S/C11H10N2O4S/c12-3-4-18-6-10(15)13-7-1-2-8(11(16)17)9(14)5-7/h1-2,5,14H,4,6H2,(H,13,15)(H,16,17). The number of thioether (sulfide) groups is 1. The van der Waals surface area contributed by atoms with E-state index in [1.807, 2.05) is 6.07 Å². The predicted molar refractivity (Wildman–Crippen MR) is 66.6 cm³/mol. The molecule has 0 heterocycles. The number of carbonyl (C=O) groups excluding carboxylic acids is 1. The van der Waals surface area contributed by atoms with Gasteiger partial charge < -0.3 is 15.5 Å². The van der Waals surface area contributed by atoms with Gasteiger partial charge in [-0.25, -0.2) is 4.79 Å². The van der Waals surface area contributed by atoms with E-state index in [0.717, 1.165) is 17.8 Å². The minimum absolute atomic E-state index is 0.120. The Balaban J connectivity index is 2.64. The van der Waals surface area contributed by atoms with Crippen molar-refractivity contribution in [2.24, 2.45) is 0 Å². The molecule has 1 aromatic rings. The molecule has 0 aliphatic carbocycles. The van der Waals surface area contributed by atoms with Gasteiger partial charge in [-0.3, -0.25) is 4.79 Å². The van der Waals surface area contributed by atoms with Crippen molar-refractivity contribution in [3.8, 4) is 11.8 Å². The molecule has 7 heteroatoms. The average Bonchev–Trinajstić information content (AvgIpc) is 2.28. The zero-order valence-corrected chi connectivity index (χ0v) is 10.0. The van der Waals surface area contributed by atoms with Gasteiger partial charge in [-0.15, -0.1) is 11.8 Å². The van der Waals surface area contributed by atoms with E-state index < -0.39 is 11.7 Å². The second kappa shape index (κ2) is 6.51. The Labute approximate surface area is 107 Å². The van der Waals surface area contributed by atoms with Crippen LogP contribution in [0.3, 0.4) is 0 Å². The fourth-order valence-electron chi connectivity index (χ4n) is 1.18. The molecule has 1 rings (SSSR count). The third kappa shape index (κ3) is 3.99. The van der Waals surface area contributed by atoms with Gasteiger partial charge in [0, 0.05) is 11.8 Å². The summed E-state index contributed by atoms with van der Waals surface area (Å²) in [5.74, 6) is -1.64. The highest BCUT2D eigenvalue weighted by atomic mass is 32.2. The summed E-state index contributed by atoms with van der Waals surface area (Å²) in [5.41, 5.74) is 0.0758. The molecule has 0 aliphatic heterocycles. The molecular formula is C11H10N2O4S. The van der Waals surface area contributed by atoms with E-state index in [1.54, 1.807) is 0 Å². The largest absolute Gasteiger partial charge is 0.507 e. The van der Waals surface area contributed by atoms with Crippen molar-refractivity contribution in [2.75, 3.05) is 16.8 Å². The number of carboxylic acid groups (broad SMARTS) is 1. The number of nitriles is 1. The number of nitrogens with one attached hydrogen (secondary N) is 1. The normalized spacial score (nSPS) is 9.50. The molecule has 0 fully saturated rings. The summed E-state index contributed by atoms with van der Waals surface area (Å²) in [6.45, 7) is 0. The number of nitrogens with zero attached hydrogens (tertiary/aromatic N) is 1. The van der Waals surface area contributed by atoms with Gasteiger partial charge in [0.25, 0.3) is 0 Å². The summed E-state index contributed by atoms with van der Waals surface area (Å²) < 4.78 is 0. The molecule has 0 aliphatic rings. The number of hydrogen-bond acceptors (Lipinski definition) is 5. The van der Waals surface area contributed by atoms with Crippen LogP contribution in [-0.2, 0) is 4.79 Å². The minimum atomic E-state index is -1.24. The molecule has 94 valence electrons. The monoisotopic (exact) mass is 266 g/mol. The van der Waals surface area contributed by atoms with E-state index in [4.69, 9.17) is 10.4 Å². The average molecular weight is 266 g/mol. The second-order valence-corrected chi connectivity index (χ2v) is 4.22. The number of hydrogen-bond donors (Lipinski definition) is 3. The van der Waals surface area contributed by atoms with Gasteiger partial charge in [-0.2, -0.15) is 5.26 Å². The SMILES string of the molecule is N#CCSCC(=O)Nc1ccc(C(=O)O)c(O)c1. The van der Waals surface area contributed by atoms with E-state index in [0.29, 0.717) is 5.69 Å². The van der Waals surface area contributed by atoms with E-state index in [9.17, 15) is 14.7 Å². The maximum absolute atomic E-state index is 11.4. The lowest BCUT2D eigenvalue weighted by Gasteiger charge is -2.06. The molecule has 6 nitrogen and oxygen atoms in total. The van der Waals surface area contributed by atoms with Gasteiger partial charge in [0.1, 0.15) is 11.3 Å². The molecular weight excluding hydrogens is 256 g/mol. The Hall–Kier alpha value is -2.20. The van der Waals surface area contributed by atoms with Crippen LogP contribution in [0.5, 0.6) is 5.75 Å². The van der Waals surface area contributed by atoms with Crippen molar-refractivity contribution in [3.05, 3.63) is 23.8 Å². The number of anilines is 1. The summed E-state index contributed by atoms with van der Waals surface area (Å²) in [6, 6.07) is 5.65. The van der Waals surface area contributed by atoms with Gasteiger partial charge in [0.15, 0.2) is 0 Å². The molecule has 18 heavy (non-hydrogen) atoms. The number of aromatic hydroxyl groups is 1. The van der Waals surface area contributed by atoms with Crippen LogP contribution in [0.15, 0.2) is 18.2 Å². The third-order valence-electron chi connectivity index (χ3n) is 1.91. The molecule has 1 amide bonds. The molecule has 3 N–H and O–H groups in total. The number of carboxylic acids is 1. The first-order valence-corrected chi connectivity index (χ1v) is 6.01. The van der Waals surface area contributed by atoms with Crippen LogP contribution in [0.4, 0.5) is 5.69 Å². The summed E-state index contributed by atoms with van der Waals surface area (Å²) in [4.78, 5) is 22.0. The maximum atomic E-state index is 11.4. The molecule has 0 unspecified atom stereocenters. The number of amides is 1. The number of phenols is 1. The van der Waals surface area contributed by atoms with Gasteiger partial charge in [0.2, 0.25) is 5.91 Å². The molecule has 0 saturated heterocycles. The summed E-state index contributed by atoms with van der Waals surface area (Å²) in [6.07, 6.45) is 0. The molecule has 0 saturated carbocycles. The molecule has 1 aromatic carbocycles. The van der Waals surface area contributed by atoms with Crippen molar-refractivity contribution in [1.82, 2.24) is 0 Å². The van der Waals surface area contributed by atoms with Gasteiger partial charge in [-0.1, -0.05) is 0 Å². The lowest BCUT2D eigenvalue weighted by molar-refractivity contribution is -0.113. The fraction of sp³-hybridized carbons (Fsp3) is 0.182. The van der Waals surface area contributed by atoms with Crippen LogP contribution in [0.25, 0.3) is 0 Å². The summed E-state index contributed by atoms with van der Waals surface area (Å²) in [7, 11) is 0. The van der Waals surface area contributed by atoms with Crippen LogP contribution in [0.1, 0.15) is 10.4 Å². The highest BCUT2D eigenvalue weighted by Gasteiger charge is 2.10. The van der Waals surface area contributed by atoms with Crippen LogP contribution in [-0.4, -0.2) is 33.6 Å². The van der Waals surface area contributed by atoms with Gasteiger partial charge >= 0.3 is 5.97 Å². The van der Waals surface area contributed by atoms with Crippen molar-refractivity contribution < 1.29 is 19.8 Å². The van der Waals surface area contributed by atoms with Crippen molar-refractivity contribution in [3.63, 3.8) is 0 Å². The summed E-state index contributed by atoms with van der Waals surface area (Å²) in [5, 5.41) is 28.9. The number of rotatable bonds is 5. The second-order valence-electron chi connectivity index (χ2n) is 3.24. The van der Waals surface area contributed by atoms with Crippen LogP contribution in [0.2, 0.25) is 0 Å². The topological polar surface area (TPSA) is 110 Å². The maximum Gasteiger partial charge on any atom is 0.339 e. The van der Waals surface area contributed by atoms with E-state index in [1.165, 1.54) is 12.1 Å². The van der Waals surface area contributed by atoms with Crippen molar-refractivity contribution in [1.29, 1.82) is 5.26 Å². The van der Waals surface area contributed by atoms with E-state index in [2.05, 4.69) is 5.32 Å². The summed E-state index contributed by atoms with van der Waals surface area (Å²) >= 11 is 1.16. The van der Waals surface area contributed by atoms with Crippen molar-refractivity contribution >= 4 is 29.3 Å². The van der Waals surface area contributed by atoms with Crippen LogP contribution >= 0.6 is 11.8 Å².